The Bertz CT molecular complexity index is 635. The molecule has 0 atom stereocenters. The third kappa shape index (κ3) is 4.45. The SMILES string of the molecule is CN(C)c1cc(CNC(=O)N2CCC(C(=O)N3CCCC3)CC2)ccn1. The minimum absolute atomic E-state index is 0.0553. The lowest BCUT2D eigenvalue weighted by Crippen LogP contribution is -2.47. The molecule has 142 valence electrons. The first-order valence-corrected chi connectivity index (χ1v) is 9.48. The molecular formula is C19H29N5O2. The number of hydrogen-bond donors (Lipinski definition) is 1. The summed E-state index contributed by atoms with van der Waals surface area (Å²) in [7, 11) is 3.89. The van der Waals surface area contributed by atoms with Crippen LogP contribution in [0.15, 0.2) is 18.3 Å². The Labute approximate surface area is 155 Å². The third-order valence-electron chi connectivity index (χ3n) is 5.26. The van der Waals surface area contributed by atoms with E-state index in [2.05, 4.69) is 10.3 Å². The van der Waals surface area contributed by atoms with E-state index in [0.717, 1.165) is 50.2 Å². The van der Waals surface area contributed by atoms with E-state index in [0.29, 0.717) is 19.6 Å². The predicted molar refractivity (Wildman–Crippen MR) is 101 cm³/mol. The van der Waals surface area contributed by atoms with E-state index in [1.165, 1.54) is 0 Å². The van der Waals surface area contributed by atoms with E-state index >= 15 is 0 Å². The van der Waals surface area contributed by atoms with Crippen LogP contribution in [0.2, 0.25) is 0 Å². The molecule has 2 aliphatic heterocycles. The molecule has 0 spiro atoms. The molecule has 0 saturated carbocycles. The number of carbonyl (C=O) groups is 2. The average Bonchev–Trinajstić information content (AvgIpc) is 3.20. The molecule has 2 saturated heterocycles. The topological polar surface area (TPSA) is 68.8 Å². The number of urea groups is 1. The Hall–Kier alpha value is -2.31. The fraction of sp³-hybridized carbons (Fsp3) is 0.632. The number of carbonyl (C=O) groups excluding carboxylic acids is 2. The summed E-state index contributed by atoms with van der Waals surface area (Å²) < 4.78 is 0. The van der Waals surface area contributed by atoms with E-state index < -0.39 is 0 Å². The maximum Gasteiger partial charge on any atom is 0.317 e. The number of nitrogens with one attached hydrogen (secondary N) is 1. The lowest BCUT2D eigenvalue weighted by Gasteiger charge is -2.33. The van der Waals surface area contributed by atoms with Crippen molar-refractivity contribution in [2.75, 3.05) is 45.2 Å². The second-order valence-electron chi connectivity index (χ2n) is 7.37. The fourth-order valence-corrected chi connectivity index (χ4v) is 3.63. The van der Waals surface area contributed by atoms with Crippen LogP contribution in [0.5, 0.6) is 0 Å². The summed E-state index contributed by atoms with van der Waals surface area (Å²) in [4.78, 5) is 34.9. The fourth-order valence-electron chi connectivity index (χ4n) is 3.63. The molecule has 0 aromatic carbocycles. The first kappa shape index (κ1) is 18.5. The van der Waals surface area contributed by atoms with Gasteiger partial charge in [0.05, 0.1) is 0 Å². The molecule has 0 radical (unpaired) electrons. The van der Waals surface area contributed by atoms with Gasteiger partial charge in [0.25, 0.3) is 0 Å². The van der Waals surface area contributed by atoms with Crippen molar-refractivity contribution in [1.29, 1.82) is 0 Å². The smallest absolute Gasteiger partial charge is 0.317 e. The highest BCUT2D eigenvalue weighted by Gasteiger charge is 2.31. The van der Waals surface area contributed by atoms with Gasteiger partial charge >= 0.3 is 6.03 Å². The molecular weight excluding hydrogens is 330 g/mol. The molecule has 7 heteroatoms. The van der Waals surface area contributed by atoms with Gasteiger partial charge in [-0.3, -0.25) is 4.79 Å². The van der Waals surface area contributed by atoms with Gasteiger partial charge in [-0.05, 0) is 43.4 Å². The normalized spacial score (nSPS) is 18.1. The minimum atomic E-state index is -0.0553. The van der Waals surface area contributed by atoms with Crippen LogP contribution in [0.25, 0.3) is 0 Å². The summed E-state index contributed by atoms with van der Waals surface area (Å²) in [6.07, 6.45) is 5.53. The lowest BCUT2D eigenvalue weighted by atomic mass is 9.95. The number of pyridine rings is 1. The van der Waals surface area contributed by atoms with Crippen LogP contribution in [0.1, 0.15) is 31.2 Å². The second kappa shape index (κ2) is 8.38. The Balaban J connectivity index is 1.45. The number of likely N-dealkylation sites (tertiary alicyclic amines) is 2. The zero-order valence-corrected chi connectivity index (χ0v) is 15.8. The van der Waals surface area contributed by atoms with Crippen LogP contribution in [-0.4, -0.2) is 67.0 Å². The van der Waals surface area contributed by atoms with Crippen LogP contribution < -0.4 is 10.2 Å². The zero-order chi connectivity index (χ0) is 18.5. The van der Waals surface area contributed by atoms with E-state index in [1.54, 1.807) is 6.20 Å². The molecule has 1 aromatic heterocycles. The number of aromatic nitrogens is 1. The summed E-state index contributed by atoms with van der Waals surface area (Å²) >= 11 is 0. The summed E-state index contributed by atoms with van der Waals surface area (Å²) in [6, 6.07) is 3.83. The number of amides is 3. The number of nitrogens with zero attached hydrogens (tertiary/aromatic N) is 4. The van der Waals surface area contributed by atoms with Gasteiger partial charge in [-0.15, -0.1) is 0 Å². The Morgan fingerprint density at radius 3 is 2.50 bits per heavy atom. The third-order valence-corrected chi connectivity index (χ3v) is 5.26. The molecule has 7 nitrogen and oxygen atoms in total. The summed E-state index contributed by atoms with van der Waals surface area (Å²) in [5, 5.41) is 2.98. The predicted octanol–water partition coefficient (Wildman–Crippen LogP) is 1.69. The van der Waals surface area contributed by atoms with E-state index in [1.807, 2.05) is 40.9 Å². The van der Waals surface area contributed by atoms with Gasteiger partial charge in [-0.2, -0.15) is 0 Å². The van der Waals surface area contributed by atoms with Crippen molar-refractivity contribution in [3.8, 4) is 0 Å². The number of anilines is 1. The van der Waals surface area contributed by atoms with E-state index in [9.17, 15) is 9.59 Å². The summed E-state index contributed by atoms with van der Waals surface area (Å²) in [6.45, 7) is 3.58. The molecule has 0 bridgehead atoms. The van der Waals surface area contributed by atoms with Crippen molar-refractivity contribution in [1.82, 2.24) is 20.1 Å². The van der Waals surface area contributed by atoms with Crippen LogP contribution in [0, 0.1) is 5.92 Å². The van der Waals surface area contributed by atoms with Gasteiger partial charge < -0.3 is 20.0 Å². The van der Waals surface area contributed by atoms with Crippen LogP contribution in [0.3, 0.4) is 0 Å². The van der Waals surface area contributed by atoms with Crippen molar-refractivity contribution in [2.24, 2.45) is 5.92 Å². The zero-order valence-electron chi connectivity index (χ0n) is 15.8. The maximum absolute atomic E-state index is 12.5. The summed E-state index contributed by atoms with van der Waals surface area (Å²) in [5.74, 6) is 1.24. The van der Waals surface area contributed by atoms with Crippen LogP contribution >= 0.6 is 0 Å². The van der Waals surface area contributed by atoms with Gasteiger partial charge in [0.15, 0.2) is 0 Å². The Morgan fingerprint density at radius 1 is 1.15 bits per heavy atom. The molecule has 2 fully saturated rings. The first-order valence-electron chi connectivity index (χ1n) is 9.48. The maximum atomic E-state index is 12.5. The highest BCUT2D eigenvalue weighted by Crippen LogP contribution is 2.22. The van der Waals surface area contributed by atoms with Crippen molar-refractivity contribution < 1.29 is 9.59 Å². The minimum Gasteiger partial charge on any atom is -0.363 e. The highest BCUT2D eigenvalue weighted by molar-refractivity contribution is 5.80. The second-order valence-corrected chi connectivity index (χ2v) is 7.37. The van der Waals surface area contributed by atoms with Crippen LogP contribution in [0.4, 0.5) is 10.6 Å². The van der Waals surface area contributed by atoms with Gasteiger partial charge in [-0.1, -0.05) is 0 Å². The molecule has 1 N–H and O–H groups in total. The van der Waals surface area contributed by atoms with Gasteiger partial charge in [0, 0.05) is 58.9 Å². The van der Waals surface area contributed by atoms with Crippen molar-refractivity contribution in [2.45, 2.75) is 32.2 Å². The monoisotopic (exact) mass is 359 g/mol. The average molecular weight is 359 g/mol. The first-order chi connectivity index (χ1) is 12.5. The molecule has 1 aromatic rings. The molecule has 0 unspecified atom stereocenters. The molecule has 26 heavy (non-hydrogen) atoms. The molecule has 3 rings (SSSR count). The lowest BCUT2D eigenvalue weighted by molar-refractivity contribution is -0.135. The number of rotatable bonds is 4. The number of piperidine rings is 1. The van der Waals surface area contributed by atoms with Gasteiger partial charge in [0.2, 0.25) is 5.91 Å². The largest absolute Gasteiger partial charge is 0.363 e. The van der Waals surface area contributed by atoms with Crippen LogP contribution in [-0.2, 0) is 11.3 Å². The highest BCUT2D eigenvalue weighted by atomic mass is 16.2. The Morgan fingerprint density at radius 2 is 1.85 bits per heavy atom. The van der Waals surface area contributed by atoms with E-state index in [4.69, 9.17) is 0 Å². The van der Waals surface area contributed by atoms with E-state index in [-0.39, 0.29) is 17.9 Å². The molecule has 2 aliphatic rings. The number of hydrogen-bond acceptors (Lipinski definition) is 4. The van der Waals surface area contributed by atoms with Crippen molar-refractivity contribution in [3.05, 3.63) is 23.9 Å². The molecule has 3 heterocycles. The molecule has 0 aliphatic carbocycles. The molecule has 3 amide bonds. The van der Waals surface area contributed by atoms with Gasteiger partial charge in [0.1, 0.15) is 5.82 Å². The van der Waals surface area contributed by atoms with Crippen molar-refractivity contribution in [3.63, 3.8) is 0 Å². The van der Waals surface area contributed by atoms with Gasteiger partial charge in [-0.25, -0.2) is 9.78 Å². The quantitative estimate of drug-likeness (QED) is 0.888. The summed E-state index contributed by atoms with van der Waals surface area (Å²) in [5.41, 5.74) is 1.02. The standard InChI is InChI=1S/C19H29N5O2/c1-22(2)17-13-15(5-8-20-17)14-21-19(26)24-11-6-16(7-12-24)18(25)23-9-3-4-10-23/h5,8,13,16H,3-4,6-7,9-12,14H2,1-2H3,(H,21,26). The van der Waals surface area contributed by atoms with Crippen molar-refractivity contribution >= 4 is 17.8 Å². The Kier molecular flexibility index (Phi) is 5.96.